The van der Waals surface area contributed by atoms with Crippen molar-refractivity contribution in [2.45, 2.75) is 0 Å². The molecule has 1 heterocycles. The average Bonchev–Trinajstić information content (AvgIpc) is 2.31. The Kier molecular flexibility index (Phi) is 2.28. The largest absolute Gasteiger partial charge is 0.464 e. The molecule has 0 aliphatic heterocycles. The van der Waals surface area contributed by atoms with Crippen LogP contribution in [-0.2, 0) is 10.0 Å². The van der Waals surface area contributed by atoms with Crippen LogP contribution in [0.1, 0.15) is 0 Å². The Labute approximate surface area is 74.8 Å². The number of carboxylic acid groups (broad SMARTS) is 1. The van der Waals surface area contributed by atoms with Crippen LogP contribution in [0.3, 0.4) is 0 Å². The second-order valence-electron chi connectivity index (χ2n) is 2.46. The van der Waals surface area contributed by atoms with Crippen LogP contribution in [0, 0.1) is 0 Å². The molecule has 0 saturated carbocycles. The monoisotopic (exact) mass is 204 g/mol. The van der Waals surface area contributed by atoms with Crippen LogP contribution < -0.4 is 4.72 Å². The lowest BCUT2D eigenvalue weighted by Crippen LogP contribution is -2.09. The normalized spacial score (nSPS) is 11.2. The van der Waals surface area contributed by atoms with Crippen molar-refractivity contribution in [1.82, 2.24) is 4.57 Å². The van der Waals surface area contributed by atoms with E-state index in [9.17, 15) is 13.2 Å². The second-order valence-corrected chi connectivity index (χ2v) is 4.21. The first-order chi connectivity index (χ1) is 5.88. The minimum absolute atomic E-state index is 0.227. The molecule has 0 radical (unpaired) electrons. The molecular formula is C6H8N2O4S. The van der Waals surface area contributed by atoms with Gasteiger partial charge in [-0.1, -0.05) is 0 Å². The summed E-state index contributed by atoms with van der Waals surface area (Å²) < 4.78 is 24.4. The summed E-state index contributed by atoms with van der Waals surface area (Å²) in [6.45, 7) is 0. The highest BCUT2D eigenvalue weighted by molar-refractivity contribution is 7.92. The SMILES string of the molecule is CS(=O)(=O)Nc1ccn(C(=O)O)c1. The van der Waals surface area contributed by atoms with E-state index >= 15 is 0 Å². The van der Waals surface area contributed by atoms with Crippen molar-refractivity contribution in [3.05, 3.63) is 18.5 Å². The van der Waals surface area contributed by atoms with Crippen LogP contribution >= 0.6 is 0 Å². The third-order valence-corrected chi connectivity index (χ3v) is 1.82. The van der Waals surface area contributed by atoms with E-state index in [1.165, 1.54) is 18.5 Å². The summed E-state index contributed by atoms with van der Waals surface area (Å²) in [6.07, 6.45) is 2.24. The van der Waals surface area contributed by atoms with Gasteiger partial charge in [-0.05, 0) is 6.07 Å². The molecular weight excluding hydrogens is 196 g/mol. The molecule has 0 spiro atoms. The van der Waals surface area contributed by atoms with Crippen LogP contribution in [0.5, 0.6) is 0 Å². The number of carbonyl (C=O) groups is 1. The molecule has 1 rings (SSSR count). The van der Waals surface area contributed by atoms with Crippen LogP contribution in [0.2, 0.25) is 0 Å². The van der Waals surface area contributed by atoms with Gasteiger partial charge in [-0.2, -0.15) is 0 Å². The molecule has 0 bridgehead atoms. The van der Waals surface area contributed by atoms with Crippen molar-refractivity contribution >= 4 is 21.8 Å². The lowest BCUT2D eigenvalue weighted by molar-refractivity contribution is 0.196. The number of hydrogen-bond acceptors (Lipinski definition) is 3. The van der Waals surface area contributed by atoms with Gasteiger partial charge in [0.15, 0.2) is 0 Å². The Bertz CT molecular complexity index is 420. The first-order valence-corrected chi connectivity index (χ1v) is 5.17. The van der Waals surface area contributed by atoms with E-state index in [4.69, 9.17) is 5.11 Å². The molecule has 2 N–H and O–H groups in total. The Hall–Kier alpha value is -1.50. The predicted octanol–water partition coefficient (Wildman–Crippen LogP) is 0.386. The van der Waals surface area contributed by atoms with Gasteiger partial charge >= 0.3 is 6.09 Å². The van der Waals surface area contributed by atoms with Gasteiger partial charge in [-0.3, -0.25) is 9.29 Å². The molecule has 0 unspecified atom stereocenters. The van der Waals surface area contributed by atoms with Crippen LogP contribution in [0.15, 0.2) is 18.5 Å². The van der Waals surface area contributed by atoms with Gasteiger partial charge in [-0.15, -0.1) is 0 Å². The smallest absolute Gasteiger partial charge is 0.415 e. The van der Waals surface area contributed by atoms with Crippen molar-refractivity contribution in [3.63, 3.8) is 0 Å². The van der Waals surface area contributed by atoms with Gasteiger partial charge in [-0.25, -0.2) is 13.2 Å². The van der Waals surface area contributed by atoms with E-state index in [2.05, 4.69) is 4.72 Å². The lowest BCUT2D eigenvalue weighted by atomic mass is 10.6. The van der Waals surface area contributed by atoms with Crippen molar-refractivity contribution in [2.75, 3.05) is 11.0 Å². The summed E-state index contributed by atoms with van der Waals surface area (Å²) >= 11 is 0. The number of aromatic nitrogens is 1. The number of nitrogens with zero attached hydrogens (tertiary/aromatic N) is 1. The fourth-order valence-electron chi connectivity index (χ4n) is 0.790. The molecule has 0 saturated heterocycles. The number of sulfonamides is 1. The van der Waals surface area contributed by atoms with E-state index in [0.29, 0.717) is 0 Å². The van der Waals surface area contributed by atoms with E-state index in [1.54, 1.807) is 0 Å². The second kappa shape index (κ2) is 3.09. The number of anilines is 1. The summed E-state index contributed by atoms with van der Waals surface area (Å²) in [4.78, 5) is 10.4. The zero-order valence-corrected chi connectivity index (χ0v) is 7.58. The maximum absolute atomic E-state index is 10.7. The minimum Gasteiger partial charge on any atom is -0.464 e. The van der Waals surface area contributed by atoms with Gasteiger partial charge < -0.3 is 5.11 Å². The van der Waals surface area contributed by atoms with Crippen molar-refractivity contribution < 1.29 is 18.3 Å². The van der Waals surface area contributed by atoms with E-state index < -0.39 is 16.1 Å². The fourth-order valence-corrected chi connectivity index (χ4v) is 1.34. The van der Waals surface area contributed by atoms with Crippen LogP contribution in [0.25, 0.3) is 0 Å². The van der Waals surface area contributed by atoms with Gasteiger partial charge in [0.1, 0.15) is 0 Å². The summed E-state index contributed by atoms with van der Waals surface area (Å²) in [5, 5.41) is 8.48. The summed E-state index contributed by atoms with van der Waals surface area (Å²) in [5.41, 5.74) is 0.227. The third-order valence-electron chi connectivity index (χ3n) is 1.22. The Morgan fingerprint density at radius 1 is 1.62 bits per heavy atom. The molecule has 0 aromatic carbocycles. The molecule has 0 fully saturated rings. The molecule has 0 aliphatic rings. The zero-order valence-electron chi connectivity index (χ0n) is 6.76. The number of hydrogen-bond donors (Lipinski definition) is 2. The first kappa shape index (κ1) is 9.59. The molecule has 6 nitrogen and oxygen atoms in total. The van der Waals surface area contributed by atoms with E-state index in [0.717, 1.165) is 10.8 Å². The Morgan fingerprint density at radius 2 is 2.23 bits per heavy atom. The molecule has 0 atom stereocenters. The molecule has 1 aromatic heterocycles. The van der Waals surface area contributed by atoms with Gasteiger partial charge in [0.05, 0.1) is 11.9 Å². The molecule has 0 aliphatic carbocycles. The average molecular weight is 204 g/mol. The highest BCUT2D eigenvalue weighted by atomic mass is 32.2. The third kappa shape index (κ3) is 2.79. The molecule has 13 heavy (non-hydrogen) atoms. The first-order valence-electron chi connectivity index (χ1n) is 3.27. The summed E-state index contributed by atoms with van der Waals surface area (Å²) in [5.74, 6) is 0. The van der Waals surface area contributed by atoms with Gasteiger partial charge in [0.2, 0.25) is 10.0 Å². The summed E-state index contributed by atoms with van der Waals surface area (Å²) in [6, 6.07) is 1.36. The highest BCUT2D eigenvalue weighted by Gasteiger charge is 2.05. The predicted molar refractivity (Wildman–Crippen MR) is 46.3 cm³/mol. The van der Waals surface area contributed by atoms with E-state index in [-0.39, 0.29) is 5.69 Å². The minimum atomic E-state index is -3.35. The summed E-state index contributed by atoms with van der Waals surface area (Å²) in [7, 11) is -3.35. The zero-order chi connectivity index (χ0) is 10.1. The van der Waals surface area contributed by atoms with Gasteiger partial charge in [0, 0.05) is 12.4 Å². The van der Waals surface area contributed by atoms with Crippen molar-refractivity contribution in [3.8, 4) is 0 Å². The standard InChI is InChI=1S/C6H8N2O4S/c1-13(11,12)7-5-2-3-8(4-5)6(9)10/h2-4,7H,1H3,(H,9,10). The van der Waals surface area contributed by atoms with Crippen molar-refractivity contribution in [1.29, 1.82) is 0 Å². The van der Waals surface area contributed by atoms with Crippen LogP contribution in [0.4, 0.5) is 10.5 Å². The molecule has 72 valence electrons. The van der Waals surface area contributed by atoms with Gasteiger partial charge in [0.25, 0.3) is 0 Å². The Morgan fingerprint density at radius 3 is 2.62 bits per heavy atom. The quantitative estimate of drug-likeness (QED) is 0.729. The van der Waals surface area contributed by atoms with E-state index in [1.807, 2.05) is 0 Å². The molecule has 1 aromatic rings. The lowest BCUT2D eigenvalue weighted by Gasteiger charge is -1.98. The maximum atomic E-state index is 10.7. The maximum Gasteiger partial charge on any atom is 0.415 e. The topological polar surface area (TPSA) is 88.4 Å². The number of nitrogens with one attached hydrogen (secondary N) is 1. The fraction of sp³-hybridized carbons (Fsp3) is 0.167. The highest BCUT2D eigenvalue weighted by Crippen LogP contribution is 2.08. The van der Waals surface area contributed by atoms with Crippen LogP contribution in [-0.4, -0.2) is 30.4 Å². The Balaban J connectivity index is 2.87. The molecule has 7 heteroatoms. The molecule has 0 amide bonds. The van der Waals surface area contributed by atoms with Crippen molar-refractivity contribution in [2.24, 2.45) is 0 Å². The number of rotatable bonds is 2.